The SMILES string of the molecule is O=C(CC1(C(=O)O)CCCC1)Nc1ccc(Br)cc1Cl. The fourth-order valence-corrected chi connectivity index (χ4v) is 3.33. The van der Waals surface area contributed by atoms with Crippen LogP contribution < -0.4 is 5.32 Å². The van der Waals surface area contributed by atoms with Crippen LogP contribution >= 0.6 is 27.5 Å². The van der Waals surface area contributed by atoms with E-state index in [4.69, 9.17) is 11.6 Å². The van der Waals surface area contributed by atoms with Crippen LogP contribution in [0.2, 0.25) is 5.02 Å². The van der Waals surface area contributed by atoms with Gasteiger partial charge in [-0.1, -0.05) is 40.4 Å². The Bertz CT molecular complexity index is 541. The minimum Gasteiger partial charge on any atom is -0.481 e. The highest BCUT2D eigenvalue weighted by Crippen LogP contribution is 2.41. The molecule has 4 nitrogen and oxygen atoms in total. The number of carbonyl (C=O) groups excluding carboxylic acids is 1. The summed E-state index contributed by atoms with van der Waals surface area (Å²) in [6.45, 7) is 0. The number of hydrogen-bond acceptors (Lipinski definition) is 2. The first-order chi connectivity index (χ1) is 9.43. The third kappa shape index (κ3) is 3.33. The van der Waals surface area contributed by atoms with E-state index in [9.17, 15) is 14.7 Å². The number of amides is 1. The van der Waals surface area contributed by atoms with Gasteiger partial charge in [-0.3, -0.25) is 9.59 Å². The molecule has 1 aromatic carbocycles. The Kier molecular flexibility index (Phi) is 4.70. The Morgan fingerprint density at radius 1 is 1.35 bits per heavy atom. The zero-order chi connectivity index (χ0) is 14.8. The van der Waals surface area contributed by atoms with Gasteiger partial charge < -0.3 is 10.4 Å². The van der Waals surface area contributed by atoms with E-state index < -0.39 is 11.4 Å². The van der Waals surface area contributed by atoms with Gasteiger partial charge in [-0.15, -0.1) is 0 Å². The van der Waals surface area contributed by atoms with E-state index in [0.29, 0.717) is 23.6 Å². The topological polar surface area (TPSA) is 66.4 Å². The normalized spacial score (nSPS) is 16.9. The van der Waals surface area contributed by atoms with E-state index in [1.165, 1.54) is 0 Å². The lowest BCUT2D eigenvalue weighted by Gasteiger charge is -2.23. The van der Waals surface area contributed by atoms with E-state index in [-0.39, 0.29) is 12.3 Å². The molecule has 1 aromatic rings. The Morgan fingerprint density at radius 2 is 2.00 bits per heavy atom. The Hall–Kier alpha value is -1.07. The van der Waals surface area contributed by atoms with Crippen LogP contribution in [0.3, 0.4) is 0 Å². The lowest BCUT2D eigenvalue weighted by atomic mass is 9.82. The minimum atomic E-state index is -0.911. The van der Waals surface area contributed by atoms with Crippen molar-refractivity contribution in [2.75, 3.05) is 5.32 Å². The molecule has 2 N–H and O–H groups in total. The first-order valence-corrected chi connectivity index (χ1v) is 7.58. The molecule has 0 unspecified atom stereocenters. The van der Waals surface area contributed by atoms with Crippen molar-refractivity contribution in [1.82, 2.24) is 0 Å². The second-order valence-corrected chi connectivity index (χ2v) is 6.46. The van der Waals surface area contributed by atoms with Crippen molar-refractivity contribution in [2.24, 2.45) is 5.41 Å². The molecule has 1 amide bonds. The van der Waals surface area contributed by atoms with Crippen LogP contribution in [0.1, 0.15) is 32.1 Å². The summed E-state index contributed by atoms with van der Waals surface area (Å²) in [4.78, 5) is 23.5. The summed E-state index contributed by atoms with van der Waals surface area (Å²) >= 11 is 9.31. The largest absolute Gasteiger partial charge is 0.481 e. The summed E-state index contributed by atoms with van der Waals surface area (Å²) in [6.07, 6.45) is 2.83. The van der Waals surface area contributed by atoms with Crippen molar-refractivity contribution in [3.05, 3.63) is 27.7 Å². The predicted octanol–water partition coefficient (Wildman–Crippen LogP) is 4.08. The highest BCUT2D eigenvalue weighted by atomic mass is 79.9. The number of hydrogen-bond donors (Lipinski definition) is 2. The number of carbonyl (C=O) groups is 2. The summed E-state index contributed by atoms with van der Waals surface area (Å²) in [7, 11) is 0. The van der Waals surface area contributed by atoms with Gasteiger partial charge >= 0.3 is 5.97 Å². The molecule has 0 saturated heterocycles. The molecule has 1 saturated carbocycles. The predicted molar refractivity (Wildman–Crippen MR) is 80.9 cm³/mol. The summed E-state index contributed by atoms with van der Waals surface area (Å²) < 4.78 is 0.818. The zero-order valence-corrected chi connectivity index (χ0v) is 13.1. The monoisotopic (exact) mass is 359 g/mol. The van der Waals surface area contributed by atoms with Gasteiger partial charge in [0.15, 0.2) is 0 Å². The Labute approximate surface area is 130 Å². The van der Waals surface area contributed by atoms with E-state index in [1.807, 2.05) is 0 Å². The number of aliphatic carboxylic acids is 1. The van der Waals surface area contributed by atoms with Crippen molar-refractivity contribution in [1.29, 1.82) is 0 Å². The molecule has 1 aliphatic rings. The van der Waals surface area contributed by atoms with Crippen molar-refractivity contribution in [3.63, 3.8) is 0 Å². The summed E-state index contributed by atoms with van der Waals surface area (Å²) in [5.74, 6) is -1.19. The van der Waals surface area contributed by atoms with Crippen molar-refractivity contribution < 1.29 is 14.7 Å². The van der Waals surface area contributed by atoms with Crippen LogP contribution in [0.15, 0.2) is 22.7 Å². The third-order valence-electron chi connectivity index (χ3n) is 3.72. The molecular formula is C14H15BrClNO3. The third-order valence-corrected chi connectivity index (χ3v) is 4.52. The van der Waals surface area contributed by atoms with Crippen molar-refractivity contribution in [3.8, 4) is 0 Å². The number of halogens is 2. The summed E-state index contributed by atoms with van der Waals surface area (Å²) in [5, 5.41) is 12.5. The Balaban J connectivity index is 2.07. The highest BCUT2D eigenvalue weighted by Gasteiger charge is 2.42. The van der Waals surface area contributed by atoms with Gasteiger partial charge in [0.25, 0.3) is 0 Å². The van der Waals surface area contributed by atoms with Crippen molar-refractivity contribution >= 4 is 45.1 Å². The summed E-state index contributed by atoms with van der Waals surface area (Å²) in [6, 6.07) is 5.14. The first-order valence-electron chi connectivity index (χ1n) is 6.41. The maximum Gasteiger partial charge on any atom is 0.310 e. The van der Waals surface area contributed by atoms with Gasteiger partial charge in [0, 0.05) is 10.9 Å². The minimum absolute atomic E-state index is 0.00523. The molecular weight excluding hydrogens is 346 g/mol. The average Bonchev–Trinajstić information content (AvgIpc) is 2.82. The second-order valence-electron chi connectivity index (χ2n) is 5.14. The van der Waals surface area contributed by atoms with E-state index in [0.717, 1.165) is 17.3 Å². The maximum absolute atomic E-state index is 12.1. The molecule has 0 bridgehead atoms. The van der Waals surface area contributed by atoms with E-state index in [2.05, 4.69) is 21.2 Å². The molecule has 108 valence electrons. The highest BCUT2D eigenvalue weighted by molar-refractivity contribution is 9.10. The standard InChI is InChI=1S/C14H15BrClNO3/c15-9-3-4-11(10(16)7-9)17-12(18)8-14(13(19)20)5-1-2-6-14/h3-4,7H,1-2,5-6,8H2,(H,17,18)(H,19,20). The molecule has 6 heteroatoms. The quantitative estimate of drug-likeness (QED) is 0.850. The van der Waals surface area contributed by atoms with E-state index >= 15 is 0 Å². The van der Waals surface area contributed by atoms with Gasteiger partial charge in [0.1, 0.15) is 0 Å². The number of carboxylic acids is 1. The van der Waals surface area contributed by atoms with Crippen LogP contribution in [0.4, 0.5) is 5.69 Å². The number of rotatable bonds is 4. The van der Waals surface area contributed by atoms with Gasteiger partial charge in [-0.05, 0) is 31.0 Å². The Morgan fingerprint density at radius 3 is 2.55 bits per heavy atom. The first kappa shape index (κ1) is 15.3. The van der Waals surface area contributed by atoms with E-state index in [1.54, 1.807) is 18.2 Å². The molecule has 1 fully saturated rings. The molecule has 0 atom stereocenters. The second kappa shape index (κ2) is 6.14. The maximum atomic E-state index is 12.1. The molecule has 0 aliphatic heterocycles. The lowest BCUT2D eigenvalue weighted by molar-refractivity contribution is -0.150. The lowest BCUT2D eigenvalue weighted by Crippen LogP contribution is -2.32. The van der Waals surface area contributed by atoms with Gasteiger partial charge in [0.05, 0.1) is 16.1 Å². The molecule has 0 aromatic heterocycles. The van der Waals surface area contributed by atoms with Gasteiger partial charge in [0.2, 0.25) is 5.91 Å². The fourth-order valence-electron chi connectivity index (χ4n) is 2.61. The number of carboxylic acid groups (broad SMARTS) is 1. The molecule has 0 heterocycles. The number of nitrogens with one attached hydrogen (secondary N) is 1. The van der Waals surface area contributed by atoms with Gasteiger partial charge in [-0.2, -0.15) is 0 Å². The average molecular weight is 361 g/mol. The summed E-state index contributed by atoms with van der Waals surface area (Å²) in [5.41, 5.74) is -0.412. The molecule has 1 aliphatic carbocycles. The zero-order valence-electron chi connectivity index (χ0n) is 10.8. The molecule has 0 radical (unpaired) electrons. The fraction of sp³-hybridized carbons (Fsp3) is 0.429. The molecule has 2 rings (SSSR count). The van der Waals surface area contributed by atoms with Crippen LogP contribution in [-0.4, -0.2) is 17.0 Å². The molecule has 0 spiro atoms. The molecule has 20 heavy (non-hydrogen) atoms. The smallest absolute Gasteiger partial charge is 0.310 e. The number of benzene rings is 1. The van der Waals surface area contributed by atoms with Crippen LogP contribution in [0.5, 0.6) is 0 Å². The van der Waals surface area contributed by atoms with Crippen LogP contribution in [-0.2, 0) is 9.59 Å². The van der Waals surface area contributed by atoms with Crippen molar-refractivity contribution in [2.45, 2.75) is 32.1 Å². The number of anilines is 1. The van der Waals surface area contributed by atoms with Gasteiger partial charge in [-0.25, -0.2) is 0 Å². The van der Waals surface area contributed by atoms with Crippen LogP contribution in [0.25, 0.3) is 0 Å². The van der Waals surface area contributed by atoms with Crippen LogP contribution in [0, 0.1) is 5.41 Å².